The van der Waals surface area contributed by atoms with Crippen LogP contribution < -0.4 is 20.9 Å². The van der Waals surface area contributed by atoms with Gasteiger partial charge in [0.15, 0.2) is 5.96 Å². The van der Waals surface area contributed by atoms with Crippen molar-refractivity contribution in [2.75, 3.05) is 42.9 Å². The van der Waals surface area contributed by atoms with E-state index >= 15 is 0 Å². The fourth-order valence-corrected chi connectivity index (χ4v) is 3.53. The fraction of sp³-hybridized carbons (Fsp3) is 0.417. The zero-order chi connectivity index (χ0) is 22.1. The van der Waals surface area contributed by atoms with Crippen molar-refractivity contribution in [2.45, 2.75) is 33.4 Å². The number of carbonyl (C=O) groups excluding carboxylic acids is 1. The summed E-state index contributed by atoms with van der Waals surface area (Å²) in [5.41, 5.74) is 3.16. The number of hydrogen-bond donors (Lipinski definition) is 3. The van der Waals surface area contributed by atoms with Crippen molar-refractivity contribution in [1.29, 1.82) is 0 Å². The first-order valence-corrected chi connectivity index (χ1v) is 11.0. The van der Waals surface area contributed by atoms with Crippen molar-refractivity contribution in [2.24, 2.45) is 4.99 Å². The summed E-state index contributed by atoms with van der Waals surface area (Å²) in [6.07, 6.45) is 0. The Morgan fingerprint density at radius 1 is 1.00 bits per heavy atom. The van der Waals surface area contributed by atoms with Crippen LogP contribution in [0.3, 0.4) is 0 Å². The molecule has 0 radical (unpaired) electrons. The quantitative estimate of drug-likeness (QED) is 0.288. The van der Waals surface area contributed by atoms with Gasteiger partial charge in [-0.3, -0.25) is 0 Å². The Morgan fingerprint density at radius 2 is 1.66 bits per heavy atom. The number of carbonyl (C=O) groups is 1. The smallest absolute Gasteiger partial charge is 0.319 e. The Kier molecular flexibility index (Phi) is 10.6. The minimum Gasteiger partial charge on any atom is -0.368 e. The third-order valence-electron chi connectivity index (χ3n) is 5.08. The summed E-state index contributed by atoms with van der Waals surface area (Å²) in [6, 6.07) is 18.3. The SMILES string of the molecule is CCNC(=NCc1ccc(NC(=O)NC(C)C)cc1)N1CCN(c2ccccc2)CC1.I. The van der Waals surface area contributed by atoms with E-state index < -0.39 is 0 Å². The van der Waals surface area contributed by atoms with Gasteiger partial charge in [0.05, 0.1) is 6.54 Å². The van der Waals surface area contributed by atoms with Crippen molar-refractivity contribution in [3.8, 4) is 0 Å². The number of aliphatic imine (C=N–C) groups is 1. The van der Waals surface area contributed by atoms with E-state index in [0.717, 1.165) is 49.9 Å². The van der Waals surface area contributed by atoms with Crippen LogP contribution in [0.2, 0.25) is 0 Å². The maximum Gasteiger partial charge on any atom is 0.319 e. The molecule has 3 N–H and O–H groups in total. The molecular formula is C24H35IN6O. The summed E-state index contributed by atoms with van der Waals surface area (Å²) in [4.78, 5) is 21.4. The van der Waals surface area contributed by atoms with Gasteiger partial charge in [-0.1, -0.05) is 30.3 Å². The second-order valence-corrected chi connectivity index (χ2v) is 7.93. The number of para-hydroxylation sites is 1. The summed E-state index contributed by atoms with van der Waals surface area (Å²) in [6.45, 7) is 11.2. The van der Waals surface area contributed by atoms with Crippen molar-refractivity contribution in [1.82, 2.24) is 15.5 Å². The Bertz CT molecular complexity index is 849. The van der Waals surface area contributed by atoms with Gasteiger partial charge in [0.2, 0.25) is 0 Å². The Balaban J connectivity index is 0.00000363. The van der Waals surface area contributed by atoms with E-state index in [0.29, 0.717) is 6.54 Å². The molecule has 3 rings (SSSR count). The van der Waals surface area contributed by atoms with Gasteiger partial charge in [0, 0.05) is 50.1 Å². The summed E-state index contributed by atoms with van der Waals surface area (Å²) >= 11 is 0. The first-order valence-electron chi connectivity index (χ1n) is 11.0. The van der Waals surface area contributed by atoms with Crippen LogP contribution in [-0.4, -0.2) is 55.7 Å². The molecule has 0 aromatic heterocycles. The lowest BCUT2D eigenvalue weighted by Crippen LogP contribution is -2.52. The number of guanidine groups is 1. The molecule has 32 heavy (non-hydrogen) atoms. The second kappa shape index (κ2) is 13.1. The molecule has 174 valence electrons. The van der Waals surface area contributed by atoms with Crippen LogP contribution in [0.4, 0.5) is 16.2 Å². The molecule has 1 fully saturated rings. The normalized spacial score (nSPS) is 14.1. The molecule has 1 aliphatic heterocycles. The summed E-state index contributed by atoms with van der Waals surface area (Å²) in [5.74, 6) is 0.953. The van der Waals surface area contributed by atoms with E-state index in [1.54, 1.807) is 0 Å². The Labute approximate surface area is 208 Å². The Morgan fingerprint density at radius 3 is 2.25 bits per heavy atom. The van der Waals surface area contributed by atoms with E-state index in [4.69, 9.17) is 4.99 Å². The van der Waals surface area contributed by atoms with Gasteiger partial charge in [-0.25, -0.2) is 9.79 Å². The molecular weight excluding hydrogens is 515 g/mol. The van der Waals surface area contributed by atoms with E-state index in [2.05, 4.69) is 63.0 Å². The predicted octanol–water partition coefficient (Wildman–Crippen LogP) is 4.12. The standard InChI is InChI=1S/C24H34N6O.HI/c1-4-25-23(30-16-14-29(15-17-30)22-8-6-5-7-9-22)26-18-20-10-12-21(13-11-20)28-24(31)27-19(2)3;/h5-13,19H,4,14-18H2,1-3H3,(H,25,26)(H2,27,28,31);1H. The average molecular weight is 550 g/mol. The number of hydrogen-bond acceptors (Lipinski definition) is 3. The Hall–Kier alpha value is -2.49. The highest BCUT2D eigenvalue weighted by molar-refractivity contribution is 14.0. The van der Waals surface area contributed by atoms with Crippen LogP contribution in [0.15, 0.2) is 59.6 Å². The zero-order valence-corrected chi connectivity index (χ0v) is 21.5. The fourth-order valence-electron chi connectivity index (χ4n) is 3.53. The molecule has 1 heterocycles. The number of anilines is 2. The molecule has 2 aromatic rings. The van der Waals surface area contributed by atoms with Crippen molar-refractivity contribution < 1.29 is 4.79 Å². The average Bonchev–Trinajstić information content (AvgIpc) is 2.78. The molecule has 0 unspecified atom stereocenters. The van der Waals surface area contributed by atoms with Crippen LogP contribution in [0.25, 0.3) is 0 Å². The van der Waals surface area contributed by atoms with E-state index in [1.165, 1.54) is 5.69 Å². The van der Waals surface area contributed by atoms with Gasteiger partial charge in [0.1, 0.15) is 0 Å². The van der Waals surface area contributed by atoms with Gasteiger partial charge < -0.3 is 25.8 Å². The topological polar surface area (TPSA) is 72.0 Å². The van der Waals surface area contributed by atoms with Gasteiger partial charge in [-0.15, -0.1) is 24.0 Å². The molecule has 0 atom stereocenters. The van der Waals surface area contributed by atoms with Gasteiger partial charge in [-0.05, 0) is 50.6 Å². The molecule has 8 heteroatoms. The molecule has 1 saturated heterocycles. The van der Waals surface area contributed by atoms with Gasteiger partial charge >= 0.3 is 6.03 Å². The highest BCUT2D eigenvalue weighted by Crippen LogP contribution is 2.16. The highest BCUT2D eigenvalue weighted by atomic mass is 127. The first-order chi connectivity index (χ1) is 15.0. The molecule has 0 bridgehead atoms. The minimum absolute atomic E-state index is 0. The summed E-state index contributed by atoms with van der Waals surface area (Å²) in [7, 11) is 0. The third kappa shape index (κ3) is 7.89. The van der Waals surface area contributed by atoms with Crippen LogP contribution >= 0.6 is 24.0 Å². The predicted molar refractivity (Wildman–Crippen MR) is 144 cm³/mol. The monoisotopic (exact) mass is 550 g/mol. The minimum atomic E-state index is -0.190. The number of nitrogens with one attached hydrogen (secondary N) is 3. The lowest BCUT2D eigenvalue weighted by Gasteiger charge is -2.37. The lowest BCUT2D eigenvalue weighted by molar-refractivity contribution is 0.250. The molecule has 0 spiro atoms. The summed E-state index contributed by atoms with van der Waals surface area (Å²) < 4.78 is 0. The molecule has 0 saturated carbocycles. The van der Waals surface area contributed by atoms with Crippen LogP contribution in [0, 0.1) is 0 Å². The number of urea groups is 1. The second-order valence-electron chi connectivity index (χ2n) is 7.93. The van der Waals surface area contributed by atoms with Crippen molar-refractivity contribution in [3.05, 3.63) is 60.2 Å². The lowest BCUT2D eigenvalue weighted by atomic mass is 10.2. The van der Waals surface area contributed by atoms with Crippen molar-refractivity contribution >= 4 is 47.3 Å². The van der Waals surface area contributed by atoms with Gasteiger partial charge in [0.25, 0.3) is 0 Å². The highest BCUT2D eigenvalue weighted by Gasteiger charge is 2.19. The maximum absolute atomic E-state index is 11.8. The maximum atomic E-state index is 11.8. The van der Waals surface area contributed by atoms with Crippen LogP contribution in [0.5, 0.6) is 0 Å². The third-order valence-corrected chi connectivity index (χ3v) is 5.08. The number of halogens is 1. The van der Waals surface area contributed by atoms with Crippen molar-refractivity contribution in [3.63, 3.8) is 0 Å². The van der Waals surface area contributed by atoms with E-state index in [1.807, 2.05) is 38.1 Å². The molecule has 0 aliphatic carbocycles. The molecule has 2 aromatic carbocycles. The van der Waals surface area contributed by atoms with Crippen LogP contribution in [0.1, 0.15) is 26.3 Å². The number of nitrogens with zero attached hydrogens (tertiary/aromatic N) is 3. The van der Waals surface area contributed by atoms with E-state index in [9.17, 15) is 4.79 Å². The number of rotatable bonds is 6. The largest absolute Gasteiger partial charge is 0.368 e. The van der Waals surface area contributed by atoms with Gasteiger partial charge in [-0.2, -0.15) is 0 Å². The van der Waals surface area contributed by atoms with E-state index in [-0.39, 0.29) is 36.0 Å². The van der Waals surface area contributed by atoms with Crippen LogP contribution in [-0.2, 0) is 6.54 Å². The number of amides is 2. The number of benzene rings is 2. The zero-order valence-electron chi connectivity index (χ0n) is 19.2. The first kappa shape index (κ1) is 25.8. The number of piperazine rings is 1. The molecule has 1 aliphatic rings. The summed E-state index contributed by atoms with van der Waals surface area (Å²) in [5, 5.41) is 9.09. The molecule has 2 amide bonds. The molecule has 7 nitrogen and oxygen atoms in total.